The van der Waals surface area contributed by atoms with Crippen molar-refractivity contribution in [3.8, 4) is 0 Å². The lowest BCUT2D eigenvalue weighted by molar-refractivity contribution is 0.0697. The molecule has 128 valence electrons. The Morgan fingerprint density at radius 3 is 2.68 bits per heavy atom. The van der Waals surface area contributed by atoms with E-state index in [1.165, 1.54) is 17.0 Å². The zero-order chi connectivity index (χ0) is 17.6. The zero-order valence-corrected chi connectivity index (χ0v) is 14.2. The zero-order valence-electron chi connectivity index (χ0n) is 14.2. The molecule has 0 radical (unpaired) electrons. The highest BCUT2D eigenvalue weighted by Crippen LogP contribution is 2.24. The minimum absolute atomic E-state index is 0.164. The summed E-state index contributed by atoms with van der Waals surface area (Å²) in [5.41, 5.74) is 2.84. The van der Waals surface area contributed by atoms with Crippen molar-refractivity contribution >= 4 is 22.6 Å². The summed E-state index contributed by atoms with van der Waals surface area (Å²) in [6, 6.07) is 14.9. The van der Waals surface area contributed by atoms with Crippen LogP contribution in [0.15, 0.2) is 65.0 Å². The van der Waals surface area contributed by atoms with E-state index >= 15 is 0 Å². The molecule has 1 N–H and O–H groups in total. The summed E-state index contributed by atoms with van der Waals surface area (Å²) in [5, 5.41) is 18.8. The van der Waals surface area contributed by atoms with Crippen LogP contribution in [0.25, 0.3) is 10.9 Å². The Hall–Kier alpha value is -2.95. The average Bonchev–Trinajstić information content (AvgIpc) is 2.98. The molecule has 3 aromatic rings. The van der Waals surface area contributed by atoms with E-state index in [0.29, 0.717) is 12.2 Å². The third-order valence-corrected chi connectivity index (χ3v) is 4.18. The van der Waals surface area contributed by atoms with Gasteiger partial charge in [0.05, 0.1) is 17.8 Å². The molecule has 0 amide bonds. The van der Waals surface area contributed by atoms with Crippen LogP contribution in [0.1, 0.15) is 35.7 Å². The Morgan fingerprint density at radius 2 is 1.88 bits per heavy atom. The number of carboxylic acids is 1. The van der Waals surface area contributed by atoms with Crippen molar-refractivity contribution in [1.29, 1.82) is 0 Å². The average molecular weight is 335 g/mol. The van der Waals surface area contributed by atoms with Gasteiger partial charge in [0.1, 0.15) is 0 Å². The monoisotopic (exact) mass is 335 g/mol. The molecular weight excluding hydrogens is 314 g/mol. The summed E-state index contributed by atoms with van der Waals surface area (Å²) in [4.78, 5) is 11.2. The van der Waals surface area contributed by atoms with E-state index in [4.69, 9.17) is 0 Å². The number of hydrogen-bond donors (Lipinski definition) is 1. The van der Waals surface area contributed by atoms with Crippen molar-refractivity contribution < 1.29 is 9.90 Å². The van der Waals surface area contributed by atoms with Gasteiger partial charge in [0.2, 0.25) is 0 Å². The number of para-hydroxylation sites is 1. The van der Waals surface area contributed by atoms with Gasteiger partial charge in [0.15, 0.2) is 0 Å². The van der Waals surface area contributed by atoms with Crippen molar-refractivity contribution in [3.63, 3.8) is 0 Å². The third-order valence-electron chi connectivity index (χ3n) is 4.18. The highest BCUT2D eigenvalue weighted by Gasteiger charge is 2.09. The van der Waals surface area contributed by atoms with Gasteiger partial charge in [0, 0.05) is 29.2 Å². The number of fused-ring (bicyclic) bond motifs is 1. The van der Waals surface area contributed by atoms with E-state index in [9.17, 15) is 9.90 Å². The maximum atomic E-state index is 11.2. The molecule has 0 aliphatic carbocycles. The Balaban J connectivity index is 1.85. The fourth-order valence-electron chi connectivity index (χ4n) is 2.89. The van der Waals surface area contributed by atoms with Crippen LogP contribution >= 0.6 is 0 Å². The number of aromatic nitrogens is 1. The first kappa shape index (κ1) is 16.9. The van der Waals surface area contributed by atoms with Gasteiger partial charge in [-0.05, 0) is 24.6 Å². The van der Waals surface area contributed by atoms with Gasteiger partial charge in [-0.2, -0.15) is 10.2 Å². The van der Waals surface area contributed by atoms with E-state index in [1.807, 2.05) is 12.1 Å². The summed E-state index contributed by atoms with van der Waals surface area (Å²) < 4.78 is 2.26. The topological polar surface area (TPSA) is 67.0 Å². The summed E-state index contributed by atoms with van der Waals surface area (Å²) in [5.74, 6) is -0.995. The number of azo groups is 1. The third kappa shape index (κ3) is 3.76. The summed E-state index contributed by atoms with van der Waals surface area (Å²) in [7, 11) is 0. The molecule has 0 spiro atoms. The fraction of sp³-hybridized carbons (Fsp3) is 0.250. The summed E-state index contributed by atoms with van der Waals surface area (Å²) in [6.45, 7) is 3.59. The van der Waals surface area contributed by atoms with E-state index in [1.54, 1.807) is 18.2 Å². The van der Waals surface area contributed by atoms with Crippen molar-refractivity contribution in [1.82, 2.24) is 4.57 Å². The highest BCUT2D eigenvalue weighted by atomic mass is 16.4. The molecule has 5 heteroatoms. The van der Waals surface area contributed by atoms with Crippen LogP contribution in [0, 0.1) is 0 Å². The van der Waals surface area contributed by atoms with Gasteiger partial charge in [-0.3, -0.25) is 0 Å². The highest BCUT2D eigenvalue weighted by molar-refractivity contribution is 5.93. The second-order valence-corrected chi connectivity index (χ2v) is 5.94. The molecule has 0 saturated heterocycles. The Kier molecular flexibility index (Phi) is 5.23. The van der Waals surface area contributed by atoms with Crippen LogP contribution in [0.5, 0.6) is 0 Å². The number of aryl methyl sites for hydroxylation is 1. The molecule has 0 bridgehead atoms. The van der Waals surface area contributed by atoms with Gasteiger partial charge in [0.25, 0.3) is 0 Å². The quantitative estimate of drug-likeness (QED) is 0.585. The van der Waals surface area contributed by atoms with E-state index in [2.05, 4.69) is 40.0 Å². The van der Waals surface area contributed by atoms with E-state index in [0.717, 1.165) is 24.9 Å². The largest absolute Gasteiger partial charge is 0.478 e. The molecule has 0 atom stereocenters. The van der Waals surface area contributed by atoms with Crippen LogP contribution in [-0.2, 0) is 13.1 Å². The molecule has 0 aliphatic rings. The number of aromatic carboxylic acids is 1. The molecular formula is C20H21N3O2. The molecule has 0 unspecified atom stereocenters. The number of carbonyl (C=O) groups is 1. The number of rotatable bonds is 7. The van der Waals surface area contributed by atoms with Crippen LogP contribution in [-0.4, -0.2) is 15.6 Å². The molecule has 25 heavy (non-hydrogen) atoms. The van der Waals surface area contributed by atoms with Crippen molar-refractivity contribution in [2.24, 2.45) is 10.2 Å². The molecule has 2 aromatic carbocycles. The second-order valence-electron chi connectivity index (χ2n) is 5.94. The molecule has 1 heterocycles. The van der Waals surface area contributed by atoms with Crippen molar-refractivity contribution in [2.45, 2.75) is 32.9 Å². The smallest absolute Gasteiger partial charge is 0.337 e. The van der Waals surface area contributed by atoms with Crippen molar-refractivity contribution in [3.05, 3.63) is 65.9 Å². The van der Waals surface area contributed by atoms with Gasteiger partial charge in [-0.15, -0.1) is 0 Å². The van der Waals surface area contributed by atoms with E-state index < -0.39 is 5.97 Å². The normalized spacial score (nSPS) is 11.4. The molecule has 0 aliphatic heterocycles. The van der Waals surface area contributed by atoms with Crippen LogP contribution in [0.3, 0.4) is 0 Å². The minimum atomic E-state index is -0.995. The van der Waals surface area contributed by atoms with Gasteiger partial charge >= 0.3 is 5.97 Å². The first-order valence-corrected chi connectivity index (χ1v) is 8.47. The molecule has 1 aromatic heterocycles. The first-order chi connectivity index (χ1) is 12.2. The number of nitrogens with zero attached hydrogens (tertiary/aromatic N) is 3. The van der Waals surface area contributed by atoms with Crippen LogP contribution in [0.2, 0.25) is 0 Å². The first-order valence-electron chi connectivity index (χ1n) is 8.47. The number of benzene rings is 2. The Morgan fingerprint density at radius 1 is 1.12 bits per heavy atom. The SMILES string of the molecule is CCCCn1cc(CN=Nc2ccccc2C(=O)O)c2ccccc21. The molecule has 0 saturated carbocycles. The Bertz CT molecular complexity index is 912. The lowest BCUT2D eigenvalue weighted by atomic mass is 10.2. The van der Waals surface area contributed by atoms with Gasteiger partial charge < -0.3 is 9.67 Å². The Labute approximate surface area is 146 Å². The second kappa shape index (κ2) is 7.75. The fourth-order valence-corrected chi connectivity index (χ4v) is 2.89. The maximum Gasteiger partial charge on any atom is 0.337 e. The predicted molar refractivity (Wildman–Crippen MR) is 98.5 cm³/mol. The minimum Gasteiger partial charge on any atom is -0.478 e. The number of unbranched alkanes of at least 4 members (excludes halogenated alkanes) is 1. The van der Waals surface area contributed by atoms with Crippen molar-refractivity contribution in [2.75, 3.05) is 0 Å². The summed E-state index contributed by atoms with van der Waals surface area (Å²) in [6.07, 6.45) is 4.40. The maximum absolute atomic E-state index is 11.2. The number of hydrogen-bond acceptors (Lipinski definition) is 3. The van der Waals surface area contributed by atoms with E-state index in [-0.39, 0.29) is 5.56 Å². The predicted octanol–water partition coefficient (Wildman–Crippen LogP) is 5.42. The standard InChI is InChI=1S/C20H21N3O2/c1-2-3-12-23-14-15(16-8-5-7-11-19(16)23)13-21-22-18-10-6-4-9-17(18)20(24)25/h4-11,14H,2-3,12-13H2,1H3,(H,24,25). The molecule has 5 nitrogen and oxygen atoms in total. The lowest BCUT2D eigenvalue weighted by Gasteiger charge is -2.02. The molecule has 0 fully saturated rings. The summed E-state index contributed by atoms with van der Waals surface area (Å²) >= 11 is 0. The van der Waals surface area contributed by atoms with Gasteiger partial charge in [-0.25, -0.2) is 4.79 Å². The van der Waals surface area contributed by atoms with Crippen LogP contribution < -0.4 is 0 Å². The molecule has 3 rings (SSSR count). The number of carboxylic acid groups (broad SMARTS) is 1. The lowest BCUT2D eigenvalue weighted by Crippen LogP contribution is -1.95. The van der Waals surface area contributed by atoms with Crippen LogP contribution in [0.4, 0.5) is 5.69 Å². The van der Waals surface area contributed by atoms with Gasteiger partial charge in [-0.1, -0.05) is 43.7 Å².